The maximum atomic E-state index is 12.8. The number of ketones is 1. The minimum atomic E-state index is 0.0576. The minimum Gasteiger partial charge on any atom is -0.289 e. The average Bonchev–Trinajstić information content (AvgIpc) is 2.72. The Hall–Kier alpha value is -0.230. The highest BCUT2D eigenvalue weighted by molar-refractivity contribution is 9.09. The summed E-state index contributed by atoms with van der Waals surface area (Å²) in [5, 5.41) is 0. The molecule has 0 aliphatic heterocycles. The van der Waals surface area contributed by atoms with Crippen molar-refractivity contribution in [3.05, 3.63) is 70.8 Å². The van der Waals surface area contributed by atoms with Crippen molar-refractivity contribution in [1.82, 2.24) is 0 Å². The van der Waals surface area contributed by atoms with Crippen LogP contribution < -0.4 is 0 Å². The van der Waals surface area contributed by atoms with Crippen LogP contribution in [0, 0.1) is 11.8 Å². The van der Waals surface area contributed by atoms with Gasteiger partial charge in [0.15, 0.2) is 5.78 Å². The van der Waals surface area contributed by atoms with Crippen LogP contribution >= 0.6 is 57.1 Å². The average molecular weight is 544 g/mol. The standard InChI is InChI=1S/C23H28Br2OS2/c1-15(11-13-27)21(24)17-3-7-19(8-4-17)23(26)20-9-5-18(6-10-20)22(25)16(2)12-14-28/h3-10,15-16,21-22,27-28H,11-14H2,1-2H3. The number of carbonyl (C=O) groups excluding carboxylic acids is 1. The van der Waals surface area contributed by atoms with Crippen molar-refractivity contribution < 1.29 is 4.79 Å². The lowest BCUT2D eigenvalue weighted by Gasteiger charge is -2.18. The first kappa shape index (κ1) is 24.0. The molecule has 5 heteroatoms. The predicted octanol–water partition coefficient (Wildman–Crippen LogP) is 7.70. The Morgan fingerprint density at radius 1 is 0.750 bits per heavy atom. The zero-order valence-electron chi connectivity index (χ0n) is 16.3. The van der Waals surface area contributed by atoms with Gasteiger partial charge in [-0.2, -0.15) is 25.3 Å². The molecule has 1 nitrogen and oxygen atoms in total. The molecule has 0 amide bonds. The number of benzene rings is 2. The first-order chi connectivity index (χ1) is 13.4. The molecule has 2 aromatic carbocycles. The van der Waals surface area contributed by atoms with Gasteiger partial charge in [0.2, 0.25) is 0 Å². The van der Waals surface area contributed by atoms with E-state index in [1.807, 2.05) is 48.5 Å². The normalized spacial score (nSPS) is 15.6. The maximum absolute atomic E-state index is 12.8. The van der Waals surface area contributed by atoms with Crippen molar-refractivity contribution in [3.8, 4) is 0 Å². The van der Waals surface area contributed by atoms with E-state index in [0.717, 1.165) is 35.5 Å². The van der Waals surface area contributed by atoms with Crippen molar-refractivity contribution in [2.24, 2.45) is 11.8 Å². The van der Waals surface area contributed by atoms with Crippen LogP contribution in [0.25, 0.3) is 0 Å². The van der Waals surface area contributed by atoms with Crippen LogP contribution in [0.4, 0.5) is 0 Å². The smallest absolute Gasteiger partial charge is 0.193 e. The Balaban J connectivity index is 2.09. The van der Waals surface area contributed by atoms with Gasteiger partial charge in [-0.25, -0.2) is 0 Å². The van der Waals surface area contributed by atoms with Gasteiger partial charge in [-0.1, -0.05) is 94.2 Å². The van der Waals surface area contributed by atoms with Crippen molar-refractivity contribution in [2.45, 2.75) is 36.3 Å². The molecule has 0 saturated carbocycles. The number of thiol groups is 2. The molecule has 0 spiro atoms. The highest BCUT2D eigenvalue weighted by Crippen LogP contribution is 2.34. The van der Waals surface area contributed by atoms with Crippen molar-refractivity contribution in [2.75, 3.05) is 11.5 Å². The number of hydrogen-bond acceptors (Lipinski definition) is 3. The molecular weight excluding hydrogens is 516 g/mol. The van der Waals surface area contributed by atoms with Gasteiger partial charge in [0.1, 0.15) is 0 Å². The first-order valence-corrected chi connectivity index (χ1v) is 12.7. The first-order valence-electron chi connectivity index (χ1n) is 9.63. The molecule has 4 atom stereocenters. The predicted molar refractivity (Wildman–Crippen MR) is 135 cm³/mol. The van der Waals surface area contributed by atoms with Crippen molar-refractivity contribution >= 4 is 62.9 Å². The molecule has 0 saturated heterocycles. The second-order valence-corrected chi connectivity index (χ2v) is 10.2. The van der Waals surface area contributed by atoms with Crippen LogP contribution in [0.2, 0.25) is 0 Å². The fourth-order valence-corrected chi connectivity index (χ4v) is 5.11. The summed E-state index contributed by atoms with van der Waals surface area (Å²) in [6.45, 7) is 4.43. The molecule has 0 fully saturated rings. The van der Waals surface area contributed by atoms with Gasteiger partial charge in [0, 0.05) is 20.8 Å². The second-order valence-electron chi connectivity index (χ2n) is 7.36. The summed E-state index contributed by atoms with van der Waals surface area (Å²) in [5.74, 6) is 2.79. The van der Waals surface area contributed by atoms with Gasteiger partial charge in [0.05, 0.1) is 0 Å². The minimum absolute atomic E-state index is 0.0576. The molecule has 0 heterocycles. The summed E-state index contributed by atoms with van der Waals surface area (Å²) in [4.78, 5) is 13.4. The van der Waals surface area contributed by atoms with E-state index >= 15 is 0 Å². The number of halogens is 2. The van der Waals surface area contributed by atoms with E-state index in [0.29, 0.717) is 11.8 Å². The lowest BCUT2D eigenvalue weighted by molar-refractivity contribution is 0.103. The molecule has 0 aromatic heterocycles. The summed E-state index contributed by atoms with van der Waals surface area (Å²) in [7, 11) is 0. The van der Waals surface area contributed by atoms with Gasteiger partial charge in [0.25, 0.3) is 0 Å². The monoisotopic (exact) mass is 542 g/mol. The van der Waals surface area contributed by atoms with Gasteiger partial charge in [-0.3, -0.25) is 4.79 Å². The highest BCUT2D eigenvalue weighted by atomic mass is 79.9. The van der Waals surface area contributed by atoms with Crippen molar-refractivity contribution in [3.63, 3.8) is 0 Å². The second kappa shape index (κ2) is 11.8. The quantitative estimate of drug-likeness (QED) is 0.178. The van der Waals surface area contributed by atoms with Crippen molar-refractivity contribution in [1.29, 1.82) is 0 Å². The molecule has 0 aliphatic rings. The summed E-state index contributed by atoms with van der Waals surface area (Å²) < 4.78 is 0. The van der Waals surface area contributed by atoms with E-state index in [9.17, 15) is 4.79 Å². The lowest BCUT2D eigenvalue weighted by Crippen LogP contribution is -2.07. The molecule has 0 bridgehead atoms. The number of hydrogen-bond donors (Lipinski definition) is 2. The Morgan fingerprint density at radius 3 is 1.36 bits per heavy atom. The molecule has 4 unspecified atom stereocenters. The van der Waals surface area contributed by atoms with Crippen LogP contribution in [-0.2, 0) is 0 Å². The van der Waals surface area contributed by atoms with E-state index < -0.39 is 0 Å². The Labute approximate surface area is 197 Å². The van der Waals surface area contributed by atoms with E-state index in [-0.39, 0.29) is 15.4 Å². The number of rotatable bonds is 10. The molecule has 0 N–H and O–H groups in total. The molecule has 152 valence electrons. The lowest BCUT2D eigenvalue weighted by atomic mass is 9.94. The molecule has 0 radical (unpaired) electrons. The molecule has 28 heavy (non-hydrogen) atoms. The Kier molecular flexibility index (Phi) is 10.2. The summed E-state index contributed by atoms with van der Waals surface area (Å²) in [6, 6.07) is 15.9. The third-order valence-corrected chi connectivity index (χ3v) is 8.53. The van der Waals surface area contributed by atoms with E-state index in [1.54, 1.807) is 0 Å². The SMILES string of the molecule is CC(CCS)C(Br)c1ccc(C(=O)c2ccc(C(Br)C(C)CCS)cc2)cc1. The molecule has 2 rings (SSSR count). The van der Waals surface area contributed by atoms with Crippen LogP contribution in [0.5, 0.6) is 0 Å². The maximum Gasteiger partial charge on any atom is 0.193 e. The number of alkyl halides is 2. The Bertz CT molecular complexity index is 683. The highest BCUT2D eigenvalue weighted by Gasteiger charge is 2.18. The fourth-order valence-electron chi connectivity index (χ4n) is 3.16. The van der Waals surface area contributed by atoms with E-state index in [2.05, 4.69) is 71.0 Å². The largest absolute Gasteiger partial charge is 0.289 e. The molecule has 2 aromatic rings. The number of carbonyl (C=O) groups is 1. The van der Waals surface area contributed by atoms with Crippen LogP contribution in [-0.4, -0.2) is 17.3 Å². The third kappa shape index (κ3) is 6.38. The Morgan fingerprint density at radius 2 is 1.07 bits per heavy atom. The third-order valence-electron chi connectivity index (χ3n) is 5.15. The summed E-state index contributed by atoms with van der Waals surface area (Å²) in [6.07, 6.45) is 2.10. The van der Waals surface area contributed by atoms with Gasteiger partial charge >= 0.3 is 0 Å². The van der Waals surface area contributed by atoms with Gasteiger partial charge in [-0.15, -0.1) is 0 Å². The van der Waals surface area contributed by atoms with E-state index in [1.165, 1.54) is 11.1 Å². The summed E-state index contributed by atoms with van der Waals surface area (Å²) >= 11 is 16.2. The topological polar surface area (TPSA) is 17.1 Å². The van der Waals surface area contributed by atoms with Crippen LogP contribution in [0.15, 0.2) is 48.5 Å². The van der Waals surface area contributed by atoms with E-state index in [4.69, 9.17) is 0 Å². The zero-order chi connectivity index (χ0) is 20.7. The molecule has 0 aliphatic carbocycles. The van der Waals surface area contributed by atoms with Crippen LogP contribution in [0.1, 0.15) is 63.4 Å². The van der Waals surface area contributed by atoms with Gasteiger partial charge in [-0.05, 0) is 47.3 Å². The van der Waals surface area contributed by atoms with Crippen LogP contribution in [0.3, 0.4) is 0 Å². The summed E-state index contributed by atoms with van der Waals surface area (Å²) in [5.41, 5.74) is 3.83. The van der Waals surface area contributed by atoms with Gasteiger partial charge < -0.3 is 0 Å². The zero-order valence-corrected chi connectivity index (χ0v) is 21.3. The fraction of sp³-hybridized carbons (Fsp3) is 0.435. The molecular formula is C23H28Br2OS2.